The third-order valence-corrected chi connectivity index (χ3v) is 8.07. The average molecular weight is 544 g/mol. The molecule has 2 aromatic heterocycles. The van der Waals surface area contributed by atoms with E-state index in [1.54, 1.807) is 11.3 Å². The van der Waals surface area contributed by atoms with Gasteiger partial charge in [0, 0.05) is 23.6 Å². The van der Waals surface area contributed by atoms with Gasteiger partial charge in [-0.2, -0.15) is 5.10 Å². The van der Waals surface area contributed by atoms with E-state index >= 15 is 0 Å². The molecule has 1 aliphatic rings. The van der Waals surface area contributed by atoms with Crippen LogP contribution in [0.15, 0.2) is 46.3 Å². The molecule has 1 aromatic carbocycles. The van der Waals surface area contributed by atoms with Gasteiger partial charge in [-0.05, 0) is 60.6 Å². The fourth-order valence-electron chi connectivity index (χ4n) is 4.86. The van der Waals surface area contributed by atoms with Crippen LogP contribution in [0, 0.1) is 0 Å². The van der Waals surface area contributed by atoms with Gasteiger partial charge in [0.1, 0.15) is 5.82 Å². The molecule has 0 spiro atoms. The molecule has 184 valence electrons. The topological polar surface area (TPSA) is 44.0 Å². The molecule has 0 aliphatic carbocycles. The Morgan fingerprint density at radius 1 is 0.853 bits per heavy atom. The van der Waals surface area contributed by atoms with Crippen LogP contribution in [-0.2, 0) is 13.1 Å². The molecular weight excluding hydrogens is 504 g/mol. The van der Waals surface area contributed by atoms with Gasteiger partial charge in [-0.1, -0.05) is 85.9 Å². The van der Waals surface area contributed by atoms with E-state index in [-0.39, 0.29) is 0 Å². The van der Waals surface area contributed by atoms with Gasteiger partial charge >= 0.3 is 0 Å². The van der Waals surface area contributed by atoms with Crippen molar-refractivity contribution in [3.8, 4) is 10.6 Å². The molecule has 0 atom stereocenters. The highest BCUT2D eigenvalue weighted by Gasteiger charge is 2.10. The van der Waals surface area contributed by atoms with Gasteiger partial charge in [-0.3, -0.25) is 10.00 Å². The minimum Gasteiger partial charge on any atom is -0.365 e. The third kappa shape index (κ3) is 8.54. The summed E-state index contributed by atoms with van der Waals surface area (Å²) < 4.78 is 1.16. The number of H-pyrrole nitrogens is 1. The summed E-state index contributed by atoms with van der Waals surface area (Å²) in [7, 11) is 0. The summed E-state index contributed by atoms with van der Waals surface area (Å²) >= 11 is 5.48. The summed E-state index contributed by atoms with van der Waals surface area (Å²) in [5.41, 5.74) is 3.75. The number of aromatic nitrogens is 2. The van der Waals surface area contributed by atoms with Crippen molar-refractivity contribution in [2.45, 2.75) is 83.7 Å². The van der Waals surface area contributed by atoms with Crippen molar-refractivity contribution in [1.29, 1.82) is 0 Å². The predicted molar refractivity (Wildman–Crippen MR) is 149 cm³/mol. The highest BCUT2D eigenvalue weighted by atomic mass is 79.9. The lowest BCUT2D eigenvalue weighted by molar-refractivity contribution is 0.251. The van der Waals surface area contributed by atoms with Crippen LogP contribution >= 0.6 is 27.3 Å². The van der Waals surface area contributed by atoms with E-state index in [1.807, 2.05) is 0 Å². The lowest BCUT2D eigenvalue weighted by atomic mass is 10.0. The van der Waals surface area contributed by atoms with Crippen molar-refractivity contribution in [3.05, 3.63) is 57.4 Å². The number of rotatable bonds is 6. The van der Waals surface area contributed by atoms with Crippen molar-refractivity contribution < 1.29 is 0 Å². The Morgan fingerprint density at radius 3 is 2.15 bits per heavy atom. The second-order valence-corrected chi connectivity index (χ2v) is 11.5. The van der Waals surface area contributed by atoms with Crippen molar-refractivity contribution >= 4 is 33.1 Å². The summed E-state index contributed by atoms with van der Waals surface area (Å²) in [4.78, 5) is 3.90. The molecular formula is C28H39BrN4S. The lowest BCUT2D eigenvalue weighted by Gasteiger charge is -2.23. The summed E-state index contributed by atoms with van der Waals surface area (Å²) in [6.45, 7) is 4.25. The number of hydrogen-bond donors (Lipinski definition) is 2. The van der Waals surface area contributed by atoms with Gasteiger partial charge < -0.3 is 5.32 Å². The maximum absolute atomic E-state index is 4.44. The van der Waals surface area contributed by atoms with Crippen LogP contribution < -0.4 is 5.32 Å². The Labute approximate surface area is 217 Å². The Balaban J connectivity index is 1.33. The van der Waals surface area contributed by atoms with Crippen LogP contribution in [0.25, 0.3) is 10.6 Å². The zero-order valence-corrected chi connectivity index (χ0v) is 22.7. The van der Waals surface area contributed by atoms with Crippen molar-refractivity contribution in [3.63, 3.8) is 0 Å². The Morgan fingerprint density at radius 2 is 1.50 bits per heavy atom. The monoisotopic (exact) mass is 542 g/mol. The first-order valence-corrected chi connectivity index (χ1v) is 14.8. The Hall–Kier alpha value is -1.63. The molecule has 3 aromatic rings. The van der Waals surface area contributed by atoms with E-state index in [0.29, 0.717) is 0 Å². The summed E-state index contributed by atoms with van der Waals surface area (Å²) in [6, 6.07) is 13.1. The maximum atomic E-state index is 4.44. The van der Waals surface area contributed by atoms with Crippen molar-refractivity contribution in [1.82, 2.24) is 15.1 Å². The molecule has 3 heterocycles. The molecule has 0 radical (unpaired) electrons. The molecule has 0 amide bonds. The third-order valence-electron chi connectivity index (χ3n) is 6.71. The van der Waals surface area contributed by atoms with Crippen molar-refractivity contribution in [2.24, 2.45) is 0 Å². The molecule has 0 bridgehead atoms. The van der Waals surface area contributed by atoms with Crippen LogP contribution in [0.5, 0.6) is 0 Å². The standard InChI is InChI=1S/C28H39BrN4S/c29-25-18-23(21-30-28-20-26(31-32-28)27-13-12-16-34-27)17-24(19-25)22-33-14-10-8-6-4-2-1-3-5-7-9-11-15-33/h12-13,16-20H,1-11,14-15,21-22H2,(H2,30,31,32). The molecule has 4 nitrogen and oxygen atoms in total. The normalized spacial score (nSPS) is 17.3. The van der Waals surface area contributed by atoms with Gasteiger partial charge in [0.15, 0.2) is 0 Å². The van der Waals surface area contributed by atoms with Crippen LogP contribution in [0.3, 0.4) is 0 Å². The van der Waals surface area contributed by atoms with Gasteiger partial charge in [0.05, 0.1) is 10.6 Å². The van der Waals surface area contributed by atoms with Gasteiger partial charge in [-0.25, -0.2) is 0 Å². The highest BCUT2D eigenvalue weighted by molar-refractivity contribution is 9.10. The molecule has 1 fully saturated rings. The van der Waals surface area contributed by atoms with Crippen LogP contribution in [0.2, 0.25) is 0 Å². The number of hydrogen-bond acceptors (Lipinski definition) is 4. The number of nitrogens with zero attached hydrogens (tertiary/aromatic N) is 2. The van der Waals surface area contributed by atoms with E-state index in [4.69, 9.17) is 0 Å². The Kier molecular flexibility index (Phi) is 10.5. The van der Waals surface area contributed by atoms with Crippen LogP contribution in [-0.4, -0.2) is 28.2 Å². The average Bonchev–Trinajstić information content (AvgIpc) is 3.52. The smallest absolute Gasteiger partial charge is 0.148 e. The molecule has 2 N–H and O–H groups in total. The number of halogens is 1. The summed E-state index contributed by atoms with van der Waals surface area (Å²) in [6.07, 6.45) is 15.4. The second-order valence-electron chi connectivity index (χ2n) is 9.63. The molecule has 1 aliphatic heterocycles. The maximum Gasteiger partial charge on any atom is 0.148 e. The zero-order valence-electron chi connectivity index (χ0n) is 20.3. The summed E-state index contributed by atoms with van der Waals surface area (Å²) in [5, 5.41) is 13.2. The first-order chi connectivity index (χ1) is 16.8. The molecule has 0 unspecified atom stereocenters. The van der Waals surface area contributed by atoms with E-state index in [9.17, 15) is 0 Å². The Bertz CT molecular complexity index is 955. The first-order valence-electron chi connectivity index (χ1n) is 13.1. The molecule has 0 saturated carbocycles. The number of nitrogens with one attached hydrogen (secondary N) is 2. The fourth-order valence-corrected chi connectivity index (χ4v) is 6.14. The second kappa shape index (κ2) is 14.1. The van der Waals surface area contributed by atoms with Gasteiger partial charge in [0.25, 0.3) is 0 Å². The zero-order chi connectivity index (χ0) is 23.4. The minimum absolute atomic E-state index is 0.765. The predicted octanol–water partition coefficient (Wildman–Crippen LogP) is 8.62. The van der Waals surface area contributed by atoms with E-state index in [1.165, 1.54) is 99.7 Å². The number of aromatic amines is 1. The quantitative estimate of drug-likeness (QED) is 0.327. The first kappa shape index (κ1) is 25.5. The highest BCUT2D eigenvalue weighted by Crippen LogP contribution is 2.25. The van der Waals surface area contributed by atoms with Gasteiger partial charge in [0.2, 0.25) is 0 Å². The number of benzene rings is 1. The van der Waals surface area contributed by atoms with Gasteiger partial charge in [-0.15, -0.1) is 11.3 Å². The lowest BCUT2D eigenvalue weighted by Crippen LogP contribution is -2.26. The minimum atomic E-state index is 0.765. The fraction of sp³-hybridized carbons (Fsp3) is 0.536. The summed E-state index contributed by atoms with van der Waals surface area (Å²) in [5.74, 6) is 0.889. The molecule has 6 heteroatoms. The van der Waals surface area contributed by atoms with Crippen LogP contribution in [0.4, 0.5) is 5.82 Å². The van der Waals surface area contributed by atoms with E-state index in [0.717, 1.165) is 29.1 Å². The number of anilines is 1. The molecule has 1 saturated heterocycles. The van der Waals surface area contributed by atoms with Crippen LogP contribution in [0.1, 0.15) is 81.8 Å². The van der Waals surface area contributed by atoms with E-state index in [2.05, 4.69) is 78.1 Å². The van der Waals surface area contributed by atoms with Crippen molar-refractivity contribution in [2.75, 3.05) is 18.4 Å². The molecule has 4 rings (SSSR count). The van der Waals surface area contributed by atoms with E-state index < -0.39 is 0 Å². The molecule has 34 heavy (non-hydrogen) atoms. The number of thiophene rings is 1. The largest absolute Gasteiger partial charge is 0.365 e. The SMILES string of the molecule is Brc1cc(CNc2cc(-c3cccs3)[nH]n2)cc(CN2CCCCCCCCCCCCC2)c1.